The van der Waals surface area contributed by atoms with Crippen LogP contribution in [-0.4, -0.2) is 19.2 Å². The molecule has 0 bridgehead atoms. The van der Waals surface area contributed by atoms with Crippen molar-refractivity contribution in [3.05, 3.63) is 100 Å². The highest BCUT2D eigenvalue weighted by Gasteiger charge is 2.17. The lowest BCUT2D eigenvalue weighted by Crippen LogP contribution is -2.19. The molecule has 4 rings (SSSR count). The summed E-state index contributed by atoms with van der Waals surface area (Å²) in [6, 6.07) is 23.1. The molecule has 0 saturated carbocycles. The molecule has 1 aromatic heterocycles. The molecular weight excluding hydrogens is 498 g/mol. The van der Waals surface area contributed by atoms with Crippen molar-refractivity contribution >= 4 is 43.1 Å². The van der Waals surface area contributed by atoms with Gasteiger partial charge in [-0.15, -0.1) is 0 Å². The van der Waals surface area contributed by atoms with E-state index in [9.17, 15) is 8.42 Å². The van der Waals surface area contributed by atoms with Crippen LogP contribution in [0.2, 0.25) is 0 Å². The molecule has 1 heterocycles. The van der Waals surface area contributed by atoms with Gasteiger partial charge in [0.1, 0.15) is 0 Å². The minimum Gasteiger partial charge on any atom is -0.342 e. The summed E-state index contributed by atoms with van der Waals surface area (Å²) in [4.78, 5) is 2.52. The number of benzene rings is 3. The molecule has 170 valence electrons. The third-order valence-electron chi connectivity index (χ3n) is 5.47. The van der Waals surface area contributed by atoms with Gasteiger partial charge in [0.2, 0.25) is 0 Å². The van der Waals surface area contributed by atoms with E-state index >= 15 is 0 Å². The van der Waals surface area contributed by atoms with Crippen molar-refractivity contribution < 1.29 is 8.42 Å². The van der Waals surface area contributed by atoms with Crippen LogP contribution in [0.4, 0.5) is 0 Å². The van der Waals surface area contributed by atoms with Crippen LogP contribution in [0.15, 0.2) is 93.5 Å². The van der Waals surface area contributed by atoms with Gasteiger partial charge in [-0.05, 0) is 46.9 Å². The van der Waals surface area contributed by atoms with Gasteiger partial charge >= 0.3 is 0 Å². The number of aromatic nitrogens is 1. The van der Waals surface area contributed by atoms with E-state index < -0.39 is 10.0 Å². The number of nitrogens with zero attached hydrogens (tertiary/aromatic N) is 2. The lowest BCUT2D eigenvalue weighted by Gasteiger charge is -2.19. The van der Waals surface area contributed by atoms with Gasteiger partial charge in [0, 0.05) is 33.7 Å². The Balaban J connectivity index is 1.57. The average Bonchev–Trinajstić information content (AvgIpc) is 3.11. The van der Waals surface area contributed by atoms with Gasteiger partial charge in [0.15, 0.2) is 0 Å². The highest BCUT2D eigenvalue weighted by atomic mass is 79.9. The molecule has 5 nitrogen and oxygen atoms in total. The first-order valence-electron chi connectivity index (χ1n) is 10.6. The van der Waals surface area contributed by atoms with E-state index in [0.717, 1.165) is 32.1 Å². The summed E-state index contributed by atoms with van der Waals surface area (Å²) in [6.07, 6.45) is 3.54. The standard InChI is InChI=1S/C26H26BrN3O2S/c1-26(2,3)21-11-13-23(14-12-21)33(31,32)29-28-16-20-18-30(25-10-5-4-9-24(20)25)17-19-7-6-8-22(27)15-19/h4-16,18,29H,17H2,1-3H3/b28-16-. The lowest BCUT2D eigenvalue weighted by atomic mass is 9.87. The molecule has 0 atom stereocenters. The highest BCUT2D eigenvalue weighted by Crippen LogP contribution is 2.24. The molecule has 33 heavy (non-hydrogen) atoms. The van der Waals surface area contributed by atoms with E-state index in [1.54, 1.807) is 18.3 Å². The molecule has 4 aromatic rings. The van der Waals surface area contributed by atoms with Crippen LogP contribution in [0.25, 0.3) is 10.9 Å². The van der Waals surface area contributed by atoms with Gasteiger partial charge in [0.05, 0.1) is 11.1 Å². The molecule has 0 unspecified atom stereocenters. The zero-order valence-electron chi connectivity index (χ0n) is 18.8. The van der Waals surface area contributed by atoms with Crippen LogP contribution in [0.3, 0.4) is 0 Å². The predicted molar refractivity (Wildman–Crippen MR) is 138 cm³/mol. The van der Waals surface area contributed by atoms with Crippen LogP contribution >= 0.6 is 15.9 Å². The first kappa shape index (κ1) is 23.3. The predicted octanol–water partition coefficient (Wildman–Crippen LogP) is 6.06. The molecule has 0 saturated heterocycles. The summed E-state index contributed by atoms with van der Waals surface area (Å²) in [7, 11) is -3.75. The Labute approximate surface area is 203 Å². The van der Waals surface area contributed by atoms with Gasteiger partial charge in [-0.1, -0.05) is 79.2 Å². The smallest absolute Gasteiger partial charge is 0.276 e. The van der Waals surface area contributed by atoms with Gasteiger partial charge in [-0.25, -0.2) is 4.83 Å². The second kappa shape index (κ2) is 9.15. The number of para-hydroxylation sites is 1. The second-order valence-electron chi connectivity index (χ2n) is 8.99. The third-order valence-corrected chi connectivity index (χ3v) is 7.20. The van der Waals surface area contributed by atoms with Gasteiger partial charge in [-0.2, -0.15) is 13.5 Å². The molecule has 1 N–H and O–H groups in total. The van der Waals surface area contributed by atoms with Crippen molar-refractivity contribution in [2.45, 2.75) is 37.6 Å². The number of fused-ring (bicyclic) bond motifs is 1. The summed E-state index contributed by atoms with van der Waals surface area (Å²) in [6.45, 7) is 6.96. The molecule has 0 fully saturated rings. The Hall–Kier alpha value is -2.90. The van der Waals surface area contributed by atoms with E-state index in [1.165, 1.54) is 0 Å². The Kier molecular flexibility index (Phi) is 6.45. The summed E-state index contributed by atoms with van der Waals surface area (Å²) in [5.41, 5.74) is 4.08. The second-order valence-corrected chi connectivity index (χ2v) is 11.6. The summed E-state index contributed by atoms with van der Waals surface area (Å²) in [5, 5.41) is 5.07. The largest absolute Gasteiger partial charge is 0.342 e. The normalized spacial score (nSPS) is 12.5. The fourth-order valence-electron chi connectivity index (χ4n) is 3.69. The van der Waals surface area contributed by atoms with Gasteiger partial charge in [0.25, 0.3) is 10.0 Å². The van der Waals surface area contributed by atoms with Crippen molar-refractivity contribution in [3.63, 3.8) is 0 Å². The van der Waals surface area contributed by atoms with Crippen molar-refractivity contribution in [3.8, 4) is 0 Å². The lowest BCUT2D eigenvalue weighted by molar-refractivity contribution is 0.580. The Morgan fingerprint density at radius 2 is 1.73 bits per heavy atom. The Morgan fingerprint density at radius 3 is 2.42 bits per heavy atom. The molecule has 0 radical (unpaired) electrons. The monoisotopic (exact) mass is 523 g/mol. The molecule has 3 aromatic carbocycles. The minimum atomic E-state index is -3.75. The van der Waals surface area contributed by atoms with E-state index in [2.05, 4.69) is 63.3 Å². The van der Waals surface area contributed by atoms with Crippen LogP contribution < -0.4 is 4.83 Å². The molecule has 0 spiro atoms. The molecule has 7 heteroatoms. The van der Waals surface area contributed by atoms with Gasteiger partial charge in [-0.3, -0.25) is 0 Å². The van der Waals surface area contributed by atoms with Crippen LogP contribution in [-0.2, 0) is 22.0 Å². The van der Waals surface area contributed by atoms with Crippen LogP contribution in [0, 0.1) is 0 Å². The summed E-state index contributed by atoms with van der Waals surface area (Å²) >= 11 is 3.52. The fraction of sp³-hybridized carbons (Fsp3) is 0.192. The fourth-order valence-corrected chi connectivity index (χ4v) is 4.93. The number of sulfonamides is 1. The van der Waals surface area contributed by atoms with Crippen molar-refractivity contribution in [2.75, 3.05) is 0 Å². The molecule has 0 aliphatic heterocycles. The summed E-state index contributed by atoms with van der Waals surface area (Å²) in [5.74, 6) is 0. The number of hydrogen-bond acceptors (Lipinski definition) is 3. The van der Waals surface area contributed by atoms with E-state index in [-0.39, 0.29) is 10.3 Å². The van der Waals surface area contributed by atoms with E-state index in [0.29, 0.717) is 6.54 Å². The first-order valence-corrected chi connectivity index (χ1v) is 12.9. The van der Waals surface area contributed by atoms with Crippen LogP contribution in [0.5, 0.6) is 0 Å². The van der Waals surface area contributed by atoms with Crippen LogP contribution in [0.1, 0.15) is 37.5 Å². The number of rotatable bonds is 6. The van der Waals surface area contributed by atoms with Crippen molar-refractivity contribution in [2.24, 2.45) is 5.10 Å². The highest BCUT2D eigenvalue weighted by molar-refractivity contribution is 9.10. The minimum absolute atomic E-state index is 0.0437. The number of halogens is 1. The van der Waals surface area contributed by atoms with Crippen molar-refractivity contribution in [1.82, 2.24) is 9.40 Å². The molecule has 0 aliphatic carbocycles. The topological polar surface area (TPSA) is 63.5 Å². The number of hydrogen-bond donors (Lipinski definition) is 1. The zero-order valence-corrected chi connectivity index (χ0v) is 21.2. The molecule has 0 amide bonds. The molecular formula is C26H26BrN3O2S. The quantitative estimate of drug-likeness (QED) is 0.246. The Bertz CT molecular complexity index is 1420. The number of hydrazone groups is 1. The SMILES string of the molecule is CC(C)(C)c1ccc(S(=O)(=O)N/N=C\c2cn(Cc3cccc(Br)c3)c3ccccc23)cc1. The maximum atomic E-state index is 12.7. The zero-order chi connectivity index (χ0) is 23.6. The maximum absolute atomic E-state index is 12.7. The van der Waals surface area contributed by atoms with E-state index in [1.807, 2.05) is 54.7 Å². The molecule has 0 aliphatic rings. The first-order chi connectivity index (χ1) is 15.6. The summed E-state index contributed by atoms with van der Waals surface area (Å²) < 4.78 is 28.5. The van der Waals surface area contributed by atoms with Gasteiger partial charge < -0.3 is 4.57 Å². The number of nitrogens with one attached hydrogen (secondary N) is 1. The maximum Gasteiger partial charge on any atom is 0.276 e. The third kappa shape index (κ3) is 5.37. The van der Waals surface area contributed by atoms with E-state index in [4.69, 9.17) is 0 Å². The average molecular weight is 524 g/mol. The van der Waals surface area contributed by atoms with Crippen molar-refractivity contribution in [1.29, 1.82) is 0 Å². The Morgan fingerprint density at radius 1 is 1.00 bits per heavy atom.